The van der Waals surface area contributed by atoms with E-state index in [0.29, 0.717) is 30.4 Å². The van der Waals surface area contributed by atoms with Crippen molar-refractivity contribution in [3.8, 4) is 6.07 Å². The fourth-order valence-corrected chi connectivity index (χ4v) is 4.02. The Morgan fingerprint density at radius 3 is 3.05 bits per heavy atom. The summed E-state index contributed by atoms with van der Waals surface area (Å²) in [6.45, 7) is 4.88. The third-order valence-electron chi connectivity index (χ3n) is 4.14. The van der Waals surface area contributed by atoms with E-state index in [2.05, 4.69) is 18.3 Å². The highest BCUT2D eigenvalue weighted by Crippen LogP contribution is 2.39. The number of anilines is 1. The van der Waals surface area contributed by atoms with Gasteiger partial charge in [-0.15, -0.1) is 11.3 Å². The third kappa shape index (κ3) is 3.84. The van der Waals surface area contributed by atoms with Gasteiger partial charge in [-0.2, -0.15) is 5.26 Å². The second kappa shape index (κ2) is 7.06. The minimum Gasteiger partial charge on any atom is -0.330 e. The Labute approximate surface area is 130 Å². The van der Waals surface area contributed by atoms with Gasteiger partial charge in [-0.1, -0.05) is 13.8 Å². The van der Waals surface area contributed by atoms with Crippen molar-refractivity contribution in [3.05, 3.63) is 16.0 Å². The summed E-state index contributed by atoms with van der Waals surface area (Å²) < 4.78 is 0. The Morgan fingerprint density at radius 2 is 2.38 bits per heavy atom. The van der Waals surface area contributed by atoms with Crippen molar-refractivity contribution in [3.63, 3.8) is 0 Å². The number of carbonyl (C=O) groups excluding carboxylic acids is 1. The fourth-order valence-electron chi connectivity index (χ4n) is 2.64. The van der Waals surface area contributed by atoms with Gasteiger partial charge in [0.05, 0.1) is 5.56 Å². The van der Waals surface area contributed by atoms with E-state index in [1.165, 1.54) is 4.88 Å². The fraction of sp³-hybridized carbons (Fsp3) is 0.625. The molecular formula is C16H23N3OS. The Morgan fingerprint density at radius 1 is 1.62 bits per heavy atom. The van der Waals surface area contributed by atoms with Crippen molar-refractivity contribution in [2.24, 2.45) is 17.6 Å². The summed E-state index contributed by atoms with van der Waals surface area (Å²) in [7, 11) is 0. The molecule has 0 saturated carbocycles. The molecule has 0 aliphatic heterocycles. The van der Waals surface area contributed by atoms with Gasteiger partial charge in [-0.25, -0.2) is 0 Å². The van der Waals surface area contributed by atoms with Gasteiger partial charge in [-0.05, 0) is 49.6 Å². The molecule has 1 aliphatic carbocycles. The summed E-state index contributed by atoms with van der Waals surface area (Å²) in [5.41, 5.74) is 7.40. The lowest BCUT2D eigenvalue weighted by Gasteiger charge is -2.17. The number of thiophene rings is 1. The molecular weight excluding hydrogens is 282 g/mol. The smallest absolute Gasteiger partial charge is 0.225 e. The molecule has 2 atom stereocenters. The first-order valence-electron chi connectivity index (χ1n) is 7.59. The lowest BCUT2D eigenvalue weighted by atomic mass is 9.88. The van der Waals surface area contributed by atoms with Gasteiger partial charge in [0, 0.05) is 11.3 Å². The number of hydrogen-bond acceptors (Lipinski definition) is 4. The zero-order valence-electron chi connectivity index (χ0n) is 12.7. The van der Waals surface area contributed by atoms with Crippen molar-refractivity contribution in [2.75, 3.05) is 11.9 Å². The Bertz CT molecular complexity index is 559. The molecule has 0 bridgehead atoms. The highest BCUT2D eigenvalue weighted by Gasteiger charge is 2.24. The minimum absolute atomic E-state index is 0.0153. The van der Waals surface area contributed by atoms with Crippen LogP contribution in [-0.2, 0) is 17.6 Å². The molecule has 0 radical (unpaired) electrons. The van der Waals surface area contributed by atoms with Crippen LogP contribution >= 0.6 is 11.3 Å². The average molecular weight is 305 g/mol. The SMILES string of the molecule is CC(CN)CCC(=O)Nc1sc2c(c1C#N)CCC(C)C2. The van der Waals surface area contributed by atoms with Crippen LogP contribution in [0.4, 0.5) is 5.00 Å². The topological polar surface area (TPSA) is 78.9 Å². The van der Waals surface area contributed by atoms with Crippen molar-refractivity contribution in [1.82, 2.24) is 0 Å². The van der Waals surface area contributed by atoms with E-state index in [0.717, 1.165) is 36.2 Å². The van der Waals surface area contributed by atoms with Crippen LogP contribution in [0.15, 0.2) is 0 Å². The molecule has 2 unspecified atom stereocenters. The zero-order chi connectivity index (χ0) is 15.4. The van der Waals surface area contributed by atoms with E-state index in [-0.39, 0.29) is 5.91 Å². The molecule has 1 aromatic heterocycles. The standard InChI is InChI=1S/C16H23N3OS/c1-10-3-5-12-13(9-18)16(21-14(12)7-10)19-15(20)6-4-11(2)8-17/h10-11H,3-8,17H2,1-2H3,(H,19,20). The number of nitriles is 1. The van der Waals surface area contributed by atoms with Crippen LogP contribution < -0.4 is 11.1 Å². The predicted molar refractivity (Wildman–Crippen MR) is 86.3 cm³/mol. The van der Waals surface area contributed by atoms with E-state index >= 15 is 0 Å². The Balaban J connectivity index is 2.07. The number of nitrogens with two attached hydrogens (primary N) is 1. The van der Waals surface area contributed by atoms with Crippen LogP contribution in [0.3, 0.4) is 0 Å². The number of carbonyl (C=O) groups is 1. The number of nitrogens with one attached hydrogen (secondary N) is 1. The van der Waals surface area contributed by atoms with Crippen LogP contribution in [0, 0.1) is 23.2 Å². The van der Waals surface area contributed by atoms with Crippen LogP contribution in [0.5, 0.6) is 0 Å². The minimum atomic E-state index is -0.0153. The van der Waals surface area contributed by atoms with E-state index < -0.39 is 0 Å². The van der Waals surface area contributed by atoms with Crippen molar-refractivity contribution >= 4 is 22.2 Å². The normalized spacial score (nSPS) is 18.7. The molecule has 2 rings (SSSR count). The van der Waals surface area contributed by atoms with E-state index in [1.54, 1.807) is 11.3 Å². The van der Waals surface area contributed by atoms with E-state index in [4.69, 9.17) is 5.73 Å². The Hall–Kier alpha value is -1.38. The summed E-state index contributed by atoms with van der Waals surface area (Å²) in [6, 6.07) is 2.28. The third-order valence-corrected chi connectivity index (χ3v) is 5.31. The molecule has 1 heterocycles. The van der Waals surface area contributed by atoms with E-state index in [1.807, 2.05) is 6.92 Å². The summed E-state index contributed by atoms with van der Waals surface area (Å²) in [4.78, 5) is 13.3. The van der Waals surface area contributed by atoms with Gasteiger partial charge in [-0.3, -0.25) is 4.79 Å². The lowest BCUT2D eigenvalue weighted by Crippen LogP contribution is -2.16. The van der Waals surface area contributed by atoms with Gasteiger partial charge < -0.3 is 11.1 Å². The summed E-state index contributed by atoms with van der Waals surface area (Å²) in [6.07, 6.45) is 4.35. The maximum atomic E-state index is 12.0. The number of nitrogens with zero attached hydrogens (tertiary/aromatic N) is 1. The predicted octanol–water partition coefficient (Wildman–Crippen LogP) is 3.06. The molecule has 21 heavy (non-hydrogen) atoms. The second-order valence-corrected chi connectivity index (χ2v) is 7.20. The molecule has 1 amide bonds. The van der Waals surface area contributed by atoms with Gasteiger partial charge >= 0.3 is 0 Å². The van der Waals surface area contributed by atoms with E-state index in [9.17, 15) is 10.1 Å². The number of amides is 1. The average Bonchev–Trinajstić information content (AvgIpc) is 2.80. The van der Waals surface area contributed by atoms with Gasteiger partial charge in [0.2, 0.25) is 5.91 Å². The maximum absolute atomic E-state index is 12.0. The molecule has 1 aliphatic rings. The summed E-state index contributed by atoms with van der Waals surface area (Å²) in [5, 5.41) is 13.1. The molecule has 0 fully saturated rings. The van der Waals surface area contributed by atoms with Gasteiger partial charge in [0.1, 0.15) is 11.1 Å². The first kappa shape index (κ1) is 16.0. The van der Waals surface area contributed by atoms with Gasteiger partial charge in [0.15, 0.2) is 0 Å². The number of hydrogen-bond donors (Lipinski definition) is 2. The molecule has 4 nitrogen and oxygen atoms in total. The summed E-state index contributed by atoms with van der Waals surface area (Å²) >= 11 is 1.58. The quantitative estimate of drug-likeness (QED) is 0.877. The first-order chi connectivity index (χ1) is 10.0. The molecule has 0 aromatic carbocycles. The monoisotopic (exact) mass is 305 g/mol. The molecule has 5 heteroatoms. The first-order valence-corrected chi connectivity index (χ1v) is 8.41. The van der Waals surface area contributed by atoms with Gasteiger partial charge in [0.25, 0.3) is 0 Å². The highest BCUT2D eigenvalue weighted by atomic mass is 32.1. The van der Waals surface area contributed by atoms with Crippen LogP contribution in [0.1, 0.15) is 49.1 Å². The molecule has 114 valence electrons. The highest BCUT2D eigenvalue weighted by molar-refractivity contribution is 7.16. The molecule has 1 aromatic rings. The Kier molecular flexibility index (Phi) is 5.38. The van der Waals surface area contributed by atoms with Crippen molar-refractivity contribution < 1.29 is 4.79 Å². The van der Waals surface area contributed by atoms with Crippen molar-refractivity contribution in [2.45, 2.75) is 46.0 Å². The maximum Gasteiger partial charge on any atom is 0.225 e. The van der Waals surface area contributed by atoms with Crippen LogP contribution in [0.25, 0.3) is 0 Å². The second-order valence-electron chi connectivity index (χ2n) is 6.10. The molecule has 3 N–H and O–H groups in total. The number of rotatable bonds is 5. The van der Waals surface area contributed by atoms with Crippen LogP contribution in [-0.4, -0.2) is 12.5 Å². The largest absolute Gasteiger partial charge is 0.330 e. The molecule has 0 saturated heterocycles. The molecule has 0 spiro atoms. The zero-order valence-corrected chi connectivity index (χ0v) is 13.6. The van der Waals surface area contributed by atoms with Crippen molar-refractivity contribution in [1.29, 1.82) is 5.26 Å². The summed E-state index contributed by atoms with van der Waals surface area (Å²) in [5.74, 6) is 0.999. The number of fused-ring (bicyclic) bond motifs is 1. The van der Waals surface area contributed by atoms with Crippen LogP contribution in [0.2, 0.25) is 0 Å². The lowest BCUT2D eigenvalue weighted by molar-refractivity contribution is -0.116.